The van der Waals surface area contributed by atoms with Crippen molar-refractivity contribution in [1.29, 1.82) is 0 Å². The predicted octanol–water partition coefficient (Wildman–Crippen LogP) is 2.84. The van der Waals surface area contributed by atoms with E-state index in [0.29, 0.717) is 37.2 Å². The van der Waals surface area contributed by atoms with Gasteiger partial charge in [0.15, 0.2) is 0 Å². The summed E-state index contributed by atoms with van der Waals surface area (Å²) in [6, 6.07) is 8.77. The summed E-state index contributed by atoms with van der Waals surface area (Å²) in [6.45, 7) is 1.49. The van der Waals surface area contributed by atoms with Crippen molar-refractivity contribution in [3.8, 4) is 11.6 Å². The molecule has 1 aliphatic heterocycles. The summed E-state index contributed by atoms with van der Waals surface area (Å²) in [4.78, 5) is 0.224. The van der Waals surface area contributed by atoms with Gasteiger partial charge < -0.3 is 9.47 Å². The number of nitrogens with zero attached hydrogens (tertiary/aromatic N) is 3. The molecule has 1 fully saturated rings. The van der Waals surface area contributed by atoms with Crippen molar-refractivity contribution in [2.75, 3.05) is 26.8 Å². The van der Waals surface area contributed by atoms with Gasteiger partial charge in [-0.2, -0.15) is 9.40 Å². The smallest absolute Gasteiger partial charge is 0.246 e. The molecule has 4 rings (SSSR count). The first kappa shape index (κ1) is 20.1. The van der Waals surface area contributed by atoms with E-state index in [1.165, 1.54) is 25.5 Å². The number of rotatable bonds is 6. The van der Waals surface area contributed by atoms with Gasteiger partial charge in [0.25, 0.3) is 0 Å². The van der Waals surface area contributed by atoms with Crippen LogP contribution in [0, 0.1) is 5.92 Å². The molecule has 0 bridgehead atoms. The van der Waals surface area contributed by atoms with E-state index in [0.717, 1.165) is 31.4 Å². The van der Waals surface area contributed by atoms with Crippen molar-refractivity contribution in [3.63, 3.8) is 0 Å². The zero-order chi connectivity index (χ0) is 20.3. The largest absolute Gasteiger partial charge is 0.495 e. The molecular weight excluding hydrogens is 390 g/mol. The summed E-state index contributed by atoms with van der Waals surface area (Å²) in [7, 11) is -2.07. The molecule has 0 spiro atoms. The molecule has 7 nitrogen and oxygen atoms in total. The second-order valence-corrected chi connectivity index (χ2v) is 9.58. The first-order valence-corrected chi connectivity index (χ1v) is 11.6. The molecular formula is C21H27N3O4S. The van der Waals surface area contributed by atoms with Gasteiger partial charge in [0.05, 0.1) is 19.4 Å². The van der Waals surface area contributed by atoms with E-state index in [4.69, 9.17) is 9.47 Å². The van der Waals surface area contributed by atoms with Crippen molar-refractivity contribution in [2.45, 2.75) is 43.4 Å². The summed E-state index contributed by atoms with van der Waals surface area (Å²) in [5.41, 5.74) is 2.34. The van der Waals surface area contributed by atoms with Gasteiger partial charge >= 0.3 is 0 Å². The second-order valence-electron chi connectivity index (χ2n) is 7.67. The van der Waals surface area contributed by atoms with Crippen LogP contribution >= 0.6 is 0 Å². The monoisotopic (exact) mass is 417 g/mol. The zero-order valence-electron chi connectivity index (χ0n) is 16.7. The molecule has 1 aromatic carbocycles. The fourth-order valence-corrected chi connectivity index (χ4v) is 5.66. The number of hydrogen-bond donors (Lipinski definition) is 0. The Morgan fingerprint density at radius 3 is 2.66 bits per heavy atom. The number of benzene rings is 1. The van der Waals surface area contributed by atoms with Crippen LogP contribution in [-0.2, 0) is 22.9 Å². The molecule has 0 amide bonds. The molecule has 0 saturated carbocycles. The Morgan fingerprint density at radius 1 is 1.10 bits per heavy atom. The standard InChI is InChI=1S/C21H27N3O4S/c1-27-19-8-4-5-9-20(19)29(25,26)24-12-10-16(11-13-24)15-28-21-14-17-6-2-3-7-18(17)22-23-21/h4-5,8-9,14,16H,2-3,6-7,10-13,15H2,1H3. The first-order chi connectivity index (χ1) is 14.1. The van der Waals surface area contributed by atoms with Crippen LogP contribution in [0.15, 0.2) is 35.2 Å². The van der Waals surface area contributed by atoms with Crippen LogP contribution in [0.3, 0.4) is 0 Å². The minimum Gasteiger partial charge on any atom is -0.495 e. The quantitative estimate of drug-likeness (QED) is 0.719. The second kappa shape index (κ2) is 8.67. The normalized spacial score (nSPS) is 18.2. The van der Waals surface area contributed by atoms with Crippen LogP contribution < -0.4 is 9.47 Å². The highest BCUT2D eigenvalue weighted by Crippen LogP contribution is 2.30. The topological polar surface area (TPSA) is 81.6 Å². The van der Waals surface area contributed by atoms with Gasteiger partial charge in [-0.15, -0.1) is 5.10 Å². The first-order valence-electron chi connectivity index (χ1n) is 10.2. The molecule has 1 aliphatic carbocycles. The Labute approximate surface area is 172 Å². The van der Waals surface area contributed by atoms with Gasteiger partial charge in [-0.3, -0.25) is 0 Å². The van der Waals surface area contributed by atoms with Gasteiger partial charge in [-0.1, -0.05) is 12.1 Å². The third-order valence-electron chi connectivity index (χ3n) is 5.77. The number of piperidine rings is 1. The van der Waals surface area contributed by atoms with Crippen LogP contribution in [0.1, 0.15) is 36.9 Å². The lowest BCUT2D eigenvalue weighted by Gasteiger charge is -2.31. The lowest BCUT2D eigenvalue weighted by Crippen LogP contribution is -2.39. The van der Waals surface area contributed by atoms with Gasteiger partial charge in [0, 0.05) is 19.2 Å². The van der Waals surface area contributed by atoms with Gasteiger partial charge in [0.1, 0.15) is 10.6 Å². The molecule has 8 heteroatoms. The highest BCUT2D eigenvalue weighted by Gasteiger charge is 2.31. The van der Waals surface area contributed by atoms with Crippen molar-refractivity contribution in [3.05, 3.63) is 41.6 Å². The fourth-order valence-electron chi connectivity index (χ4n) is 4.03. The van der Waals surface area contributed by atoms with Crippen LogP contribution in [-0.4, -0.2) is 49.7 Å². The highest BCUT2D eigenvalue weighted by atomic mass is 32.2. The van der Waals surface area contributed by atoms with Crippen LogP contribution in [0.2, 0.25) is 0 Å². The van der Waals surface area contributed by atoms with E-state index in [2.05, 4.69) is 10.2 Å². The van der Waals surface area contributed by atoms with Crippen molar-refractivity contribution in [2.24, 2.45) is 5.92 Å². The molecule has 2 aromatic rings. The number of hydrogen-bond acceptors (Lipinski definition) is 6. The molecule has 29 heavy (non-hydrogen) atoms. The third kappa shape index (κ3) is 4.38. The molecule has 156 valence electrons. The Balaban J connectivity index is 1.34. The van der Waals surface area contributed by atoms with E-state index in [1.54, 1.807) is 28.6 Å². The number of sulfonamides is 1. The lowest BCUT2D eigenvalue weighted by atomic mass is 9.97. The number of para-hydroxylation sites is 1. The highest BCUT2D eigenvalue weighted by molar-refractivity contribution is 7.89. The van der Waals surface area contributed by atoms with E-state index < -0.39 is 10.0 Å². The maximum atomic E-state index is 13.0. The fraction of sp³-hybridized carbons (Fsp3) is 0.524. The maximum Gasteiger partial charge on any atom is 0.246 e. The van der Waals surface area contributed by atoms with Crippen LogP contribution in [0.25, 0.3) is 0 Å². The van der Waals surface area contributed by atoms with Crippen LogP contribution in [0.5, 0.6) is 11.6 Å². The minimum atomic E-state index is -3.56. The molecule has 0 unspecified atom stereocenters. The number of ether oxygens (including phenoxy) is 2. The molecule has 1 aromatic heterocycles. The van der Waals surface area contributed by atoms with Crippen molar-refractivity contribution >= 4 is 10.0 Å². The van der Waals surface area contributed by atoms with Gasteiger partial charge in [0.2, 0.25) is 15.9 Å². The molecule has 2 aliphatic rings. The summed E-state index contributed by atoms with van der Waals surface area (Å²) < 4.78 is 38.6. The Hall–Kier alpha value is -2.19. The number of fused-ring (bicyclic) bond motifs is 1. The maximum absolute atomic E-state index is 13.0. The third-order valence-corrected chi connectivity index (χ3v) is 7.71. The Bertz CT molecular complexity index is 956. The number of aryl methyl sites for hydroxylation is 2. The molecule has 0 atom stereocenters. The average molecular weight is 418 g/mol. The number of aromatic nitrogens is 2. The zero-order valence-corrected chi connectivity index (χ0v) is 17.5. The minimum absolute atomic E-state index is 0.224. The Kier molecular flexibility index (Phi) is 6.01. The van der Waals surface area contributed by atoms with E-state index in [1.807, 2.05) is 6.07 Å². The Morgan fingerprint density at radius 2 is 1.86 bits per heavy atom. The van der Waals surface area contributed by atoms with E-state index >= 15 is 0 Å². The molecule has 2 heterocycles. The van der Waals surface area contributed by atoms with Crippen molar-refractivity contribution in [1.82, 2.24) is 14.5 Å². The van der Waals surface area contributed by atoms with Gasteiger partial charge in [-0.25, -0.2) is 8.42 Å². The average Bonchev–Trinajstić information content (AvgIpc) is 2.77. The lowest BCUT2D eigenvalue weighted by molar-refractivity contribution is 0.179. The summed E-state index contributed by atoms with van der Waals surface area (Å²) >= 11 is 0. The summed E-state index contributed by atoms with van der Waals surface area (Å²) in [5, 5.41) is 8.50. The predicted molar refractivity (Wildman–Crippen MR) is 109 cm³/mol. The molecule has 0 radical (unpaired) electrons. The van der Waals surface area contributed by atoms with Crippen molar-refractivity contribution < 1.29 is 17.9 Å². The number of methoxy groups -OCH3 is 1. The molecule has 1 saturated heterocycles. The summed E-state index contributed by atoms with van der Waals surface area (Å²) in [6.07, 6.45) is 5.93. The van der Waals surface area contributed by atoms with E-state index in [-0.39, 0.29) is 4.90 Å². The summed E-state index contributed by atoms with van der Waals surface area (Å²) in [5.74, 6) is 1.26. The van der Waals surface area contributed by atoms with Crippen LogP contribution in [0.4, 0.5) is 0 Å². The SMILES string of the molecule is COc1ccccc1S(=O)(=O)N1CCC(COc2cc3c(nn2)CCCC3)CC1. The van der Waals surface area contributed by atoms with E-state index in [9.17, 15) is 8.42 Å². The molecule has 0 N–H and O–H groups in total. The van der Waals surface area contributed by atoms with Gasteiger partial charge in [-0.05, 0) is 62.1 Å².